The summed E-state index contributed by atoms with van der Waals surface area (Å²) in [6, 6.07) is 9.52. The van der Waals surface area contributed by atoms with Gasteiger partial charge in [-0.1, -0.05) is 49.2 Å². The van der Waals surface area contributed by atoms with E-state index in [0.717, 1.165) is 24.5 Å². The molecule has 4 heteroatoms. The number of aryl methyl sites for hydroxylation is 3. The Morgan fingerprint density at radius 1 is 1.00 bits per heavy atom. The average Bonchev–Trinajstić information content (AvgIpc) is 2.48. The Kier molecular flexibility index (Phi) is 5.68. The van der Waals surface area contributed by atoms with Crippen LogP contribution < -0.4 is 0 Å². The lowest BCUT2D eigenvalue weighted by Crippen LogP contribution is -1.99. The minimum atomic E-state index is -1.15. The summed E-state index contributed by atoms with van der Waals surface area (Å²) >= 11 is 5.83. The van der Waals surface area contributed by atoms with E-state index in [1.54, 1.807) is 0 Å². The van der Waals surface area contributed by atoms with Gasteiger partial charge in [-0.3, -0.25) is 0 Å². The third-order valence-electron chi connectivity index (χ3n) is 3.48. The van der Waals surface area contributed by atoms with Crippen LogP contribution in [0.25, 0.3) is 0 Å². The first-order valence-corrected chi connectivity index (χ1v) is 7.56. The van der Waals surface area contributed by atoms with Gasteiger partial charge in [0.05, 0.1) is 0 Å². The molecule has 0 amide bonds. The number of hydrogen-bond donors (Lipinski definition) is 0. The molecule has 0 aliphatic rings. The zero-order chi connectivity index (χ0) is 15.2. The van der Waals surface area contributed by atoms with E-state index in [-0.39, 0.29) is 5.15 Å². The lowest BCUT2D eigenvalue weighted by atomic mass is 10.0. The number of halogens is 3. The van der Waals surface area contributed by atoms with Crippen LogP contribution in [-0.2, 0) is 19.3 Å². The average molecular weight is 310 g/mol. The van der Waals surface area contributed by atoms with E-state index in [0.29, 0.717) is 12.0 Å². The zero-order valence-electron chi connectivity index (χ0n) is 12.0. The van der Waals surface area contributed by atoms with Crippen LogP contribution in [0.5, 0.6) is 0 Å². The maximum absolute atomic E-state index is 13.2. The Morgan fingerprint density at radius 2 is 1.62 bits per heavy atom. The third kappa shape index (κ3) is 4.50. The standard InChI is InChI=1S/C17H18ClF2N/c1-2-3-4-12-5-7-13(8-6-12)9-10-14-11-15(19)17(20)21-16(14)18/h5-8,11H,2-4,9-10H2,1H3. The van der Waals surface area contributed by atoms with Crippen LogP contribution >= 0.6 is 11.6 Å². The molecule has 0 atom stereocenters. The Bertz CT molecular complexity index is 596. The number of hydrogen-bond acceptors (Lipinski definition) is 1. The molecule has 1 aromatic heterocycles. The lowest BCUT2D eigenvalue weighted by molar-refractivity contribution is 0.477. The minimum absolute atomic E-state index is 0.0356. The highest BCUT2D eigenvalue weighted by Crippen LogP contribution is 2.19. The molecule has 0 aliphatic carbocycles. The van der Waals surface area contributed by atoms with Gasteiger partial charge in [-0.25, -0.2) is 9.37 Å². The predicted molar refractivity (Wildman–Crippen MR) is 81.6 cm³/mol. The van der Waals surface area contributed by atoms with Crippen LogP contribution in [0, 0.1) is 11.8 Å². The molecule has 0 saturated carbocycles. The van der Waals surface area contributed by atoms with Gasteiger partial charge in [-0.15, -0.1) is 0 Å². The van der Waals surface area contributed by atoms with Crippen LogP contribution in [0.15, 0.2) is 30.3 Å². The van der Waals surface area contributed by atoms with Gasteiger partial charge in [0.25, 0.3) is 0 Å². The number of nitrogens with zero attached hydrogens (tertiary/aromatic N) is 1. The van der Waals surface area contributed by atoms with E-state index >= 15 is 0 Å². The van der Waals surface area contributed by atoms with Crippen molar-refractivity contribution >= 4 is 11.6 Å². The van der Waals surface area contributed by atoms with E-state index in [2.05, 4.69) is 36.2 Å². The van der Waals surface area contributed by atoms with Gasteiger partial charge < -0.3 is 0 Å². The molecule has 0 radical (unpaired) electrons. The molecular weight excluding hydrogens is 292 g/mol. The highest BCUT2D eigenvalue weighted by Gasteiger charge is 2.10. The predicted octanol–water partition coefficient (Wildman–Crippen LogP) is 5.14. The molecule has 0 bridgehead atoms. The highest BCUT2D eigenvalue weighted by atomic mass is 35.5. The molecule has 0 unspecified atom stereocenters. The van der Waals surface area contributed by atoms with Gasteiger partial charge in [-0.05, 0) is 48.4 Å². The Balaban J connectivity index is 1.98. The highest BCUT2D eigenvalue weighted by molar-refractivity contribution is 6.30. The fourth-order valence-corrected chi connectivity index (χ4v) is 2.41. The monoisotopic (exact) mass is 309 g/mol. The number of unbranched alkanes of at least 4 members (excludes halogenated alkanes) is 1. The topological polar surface area (TPSA) is 12.9 Å². The second kappa shape index (κ2) is 7.51. The molecule has 0 N–H and O–H groups in total. The van der Waals surface area contributed by atoms with Crippen LogP contribution in [0.3, 0.4) is 0 Å². The van der Waals surface area contributed by atoms with Crippen molar-refractivity contribution in [1.29, 1.82) is 0 Å². The summed E-state index contributed by atoms with van der Waals surface area (Å²) in [5.41, 5.74) is 3.01. The van der Waals surface area contributed by atoms with Crippen molar-refractivity contribution in [3.63, 3.8) is 0 Å². The van der Waals surface area contributed by atoms with Gasteiger partial charge >= 0.3 is 0 Å². The van der Waals surface area contributed by atoms with Crippen molar-refractivity contribution in [2.45, 2.75) is 39.0 Å². The Labute approximate surface area is 129 Å². The van der Waals surface area contributed by atoms with E-state index in [1.807, 2.05) is 0 Å². The second-order valence-electron chi connectivity index (χ2n) is 5.13. The first-order chi connectivity index (χ1) is 10.1. The maximum atomic E-state index is 13.2. The molecule has 2 aromatic rings. The fraction of sp³-hybridized carbons (Fsp3) is 0.353. The number of rotatable bonds is 6. The molecule has 0 aliphatic heterocycles. The van der Waals surface area contributed by atoms with Crippen molar-refractivity contribution < 1.29 is 8.78 Å². The fourth-order valence-electron chi connectivity index (χ4n) is 2.19. The summed E-state index contributed by atoms with van der Waals surface area (Å²) in [5.74, 6) is -2.10. The molecular formula is C17H18ClF2N. The van der Waals surface area contributed by atoms with Crippen molar-refractivity contribution in [3.05, 3.63) is 63.9 Å². The summed E-state index contributed by atoms with van der Waals surface area (Å²) in [7, 11) is 0. The van der Waals surface area contributed by atoms with Crippen molar-refractivity contribution in [3.8, 4) is 0 Å². The molecule has 0 spiro atoms. The molecule has 0 saturated heterocycles. The number of benzene rings is 1. The minimum Gasteiger partial charge on any atom is -0.205 e. The first-order valence-electron chi connectivity index (χ1n) is 7.18. The molecule has 0 fully saturated rings. The summed E-state index contributed by atoms with van der Waals surface area (Å²) in [6.07, 6.45) is 4.73. The Hall–Kier alpha value is -1.48. The Morgan fingerprint density at radius 3 is 2.24 bits per heavy atom. The van der Waals surface area contributed by atoms with E-state index < -0.39 is 11.8 Å². The van der Waals surface area contributed by atoms with Gasteiger partial charge in [0.1, 0.15) is 5.15 Å². The normalized spacial score (nSPS) is 10.9. The van der Waals surface area contributed by atoms with Crippen LogP contribution in [0.1, 0.15) is 36.5 Å². The lowest BCUT2D eigenvalue weighted by Gasteiger charge is -2.06. The first kappa shape index (κ1) is 15.9. The van der Waals surface area contributed by atoms with E-state index in [9.17, 15) is 8.78 Å². The van der Waals surface area contributed by atoms with Crippen LogP contribution in [0.2, 0.25) is 5.15 Å². The second-order valence-corrected chi connectivity index (χ2v) is 5.49. The molecule has 21 heavy (non-hydrogen) atoms. The molecule has 2 rings (SSSR count). The summed E-state index contributed by atoms with van der Waals surface area (Å²) in [5, 5.41) is 0.0356. The molecule has 1 nitrogen and oxygen atoms in total. The summed E-state index contributed by atoms with van der Waals surface area (Å²) in [4.78, 5) is 3.36. The quantitative estimate of drug-likeness (QED) is 0.673. The summed E-state index contributed by atoms with van der Waals surface area (Å²) < 4.78 is 26.1. The van der Waals surface area contributed by atoms with Gasteiger partial charge in [0.2, 0.25) is 5.95 Å². The maximum Gasteiger partial charge on any atom is 0.250 e. The smallest absolute Gasteiger partial charge is 0.205 e. The SMILES string of the molecule is CCCCc1ccc(CCc2cc(F)c(F)nc2Cl)cc1. The molecule has 1 aromatic carbocycles. The number of aromatic nitrogens is 1. The van der Waals surface area contributed by atoms with Gasteiger partial charge in [0.15, 0.2) is 5.82 Å². The largest absolute Gasteiger partial charge is 0.250 e. The van der Waals surface area contributed by atoms with Gasteiger partial charge in [0, 0.05) is 0 Å². The van der Waals surface area contributed by atoms with Crippen LogP contribution in [-0.4, -0.2) is 4.98 Å². The van der Waals surface area contributed by atoms with Crippen molar-refractivity contribution in [1.82, 2.24) is 4.98 Å². The number of pyridine rings is 1. The third-order valence-corrected chi connectivity index (χ3v) is 3.81. The van der Waals surface area contributed by atoms with E-state index in [4.69, 9.17) is 11.6 Å². The summed E-state index contributed by atoms with van der Waals surface area (Å²) in [6.45, 7) is 2.17. The van der Waals surface area contributed by atoms with Crippen LogP contribution in [0.4, 0.5) is 8.78 Å². The molecule has 112 valence electrons. The van der Waals surface area contributed by atoms with Crippen molar-refractivity contribution in [2.24, 2.45) is 0 Å². The van der Waals surface area contributed by atoms with Gasteiger partial charge in [-0.2, -0.15) is 4.39 Å². The zero-order valence-corrected chi connectivity index (χ0v) is 12.8. The van der Waals surface area contributed by atoms with E-state index in [1.165, 1.54) is 18.4 Å². The molecule has 1 heterocycles. The van der Waals surface area contributed by atoms with Crippen molar-refractivity contribution in [2.75, 3.05) is 0 Å².